The number of aliphatic hydroxyl groups is 1. The number of hydrogen-bond acceptors (Lipinski definition) is 3. The van der Waals surface area contributed by atoms with E-state index in [1.54, 1.807) is 20.9 Å². The van der Waals surface area contributed by atoms with Gasteiger partial charge in [-0.15, -0.1) is 0 Å². The number of amides is 1. The lowest BCUT2D eigenvalue weighted by molar-refractivity contribution is -0.132. The summed E-state index contributed by atoms with van der Waals surface area (Å²) in [5.74, 6) is -0.0281. The molecule has 0 rings (SSSR count). The van der Waals surface area contributed by atoms with E-state index in [4.69, 9.17) is 5.73 Å². The molecule has 0 aliphatic carbocycles. The van der Waals surface area contributed by atoms with Gasteiger partial charge in [-0.2, -0.15) is 0 Å². The summed E-state index contributed by atoms with van der Waals surface area (Å²) in [6.07, 6.45) is 0.340. The summed E-state index contributed by atoms with van der Waals surface area (Å²) < 4.78 is 0. The van der Waals surface area contributed by atoms with E-state index in [-0.39, 0.29) is 5.91 Å². The number of carbonyl (C=O) groups is 1. The van der Waals surface area contributed by atoms with Crippen molar-refractivity contribution in [3.8, 4) is 0 Å². The van der Waals surface area contributed by atoms with Crippen molar-refractivity contribution in [1.82, 2.24) is 4.90 Å². The third-order valence-corrected chi connectivity index (χ3v) is 1.41. The second-order valence-electron chi connectivity index (χ2n) is 3.60. The predicted octanol–water partition coefficient (Wildman–Crippen LogP) is -0.435. The molecule has 72 valence electrons. The second kappa shape index (κ2) is 4.42. The fraction of sp³-hybridized carbons (Fsp3) is 0.875. The lowest BCUT2D eigenvalue weighted by Gasteiger charge is -2.25. The molecule has 4 heteroatoms. The number of nitrogens with two attached hydrogens (primary N) is 1. The molecule has 0 aliphatic heterocycles. The minimum atomic E-state index is -0.834. The molecular formula is C8H18N2O2. The molecule has 0 atom stereocenters. The van der Waals surface area contributed by atoms with Crippen LogP contribution in [0.25, 0.3) is 0 Å². The highest BCUT2D eigenvalue weighted by Gasteiger charge is 2.18. The first kappa shape index (κ1) is 11.4. The molecule has 0 aromatic heterocycles. The van der Waals surface area contributed by atoms with Crippen molar-refractivity contribution in [1.29, 1.82) is 0 Å². The van der Waals surface area contributed by atoms with Gasteiger partial charge in [-0.3, -0.25) is 4.79 Å². The normalized spacial score (nSPS) is 11.4. The Morgan fingerprint density at radius 1 is 1.58 bits per heavy atom. The highest BCUT2D eigenvalue weighted by molar-refractivity contribution is 5.76. The van der Waals surface area contributed by atoms with Gasteiger partial charge in [-0.1, -0.05) is 0 Å². The zero-order chi connectivity index (χ0) is 9.78. The van der Waals surface area contributed by atoms with Crippen LogP contribution < -0.4 is 5.73 Å². The highest BCUT2D eigenvalue weighted by atomic mass is 16.3. The maximum atomic E-state index is 11.2. The molecule has 0 spiro atoms. The van der Waals surface area contributed by atoms with E-state index in [2.05, 4.69) is 0 Å². The minimum Gasteiger partial charge on any atom is -0.389 e. The van der Waals surface area contributed by atoms with Crippen LogP contribution in [0.1, 0.15) is 20.3 Å². The first-order valence-electron chi connectivity index (χ1n) is 4.03. The van der Waals surface area contributed by atoms with Crippen LogP contribution in [0.2, 0.25) is 0 Å². The van der Waals surface area contributed by atoms with Crippen molar-refractivity contribution in [3.63, 3.8) is 0 Å². The molecule has 0 unspecified atom stereocenters. The van der Waals surface area contributed by atoms with Gasteiger partial charge in [0, 0.05) is 26.6 Å². The molecule has 0 saturated heterocycles. The van der Waals surface area contributed by atoms with Crippen LogP contribution in [0.5, 0.6) is 0 Å². The molecule has 0 heterocycles. The quantitative estimate of drug-likeness (QED) is 0.607. The molecule has 12 heavy (non-hydrogen) atoms. The van der Waals surface area contributed by atoms with E-state index in [0.717, 1.165) is 0 Å². The Morgan fingerprint density at radius 3 is 2.42 bits per heavy atom. The first-order chi connectivity index (χ1) is 5.37. The summed E-state index contributed by atoms with van der Waals surface area (Å²) in [7, 11) is 1.66. The van der Waals surface area contributed by atoms with Gasteiger partial charge in [-0.25, -0.2) is 0 Å². The third kappa shape index (κ3) is 5.09. The molecule has 3 N–H and O–H groups in total. The van der Waals surface area contributed by atoms with Gasteiger partial charge in [0.2, 0.25) is 5.91 Å². The van der Waals surface area contributed by atoms with E-state index in [1.165, 1.54) is 4.90 Å². The molecule has 0 radical (unpaired) electrons. The van der Waals surface area contributed by atoms with Crippen molar-refractivity contribution < 1.29 is 9.90 Å². The van der Waals surface area contributed by atoms with Gasteiger partial charge < -0.3 is 15.7 Å². The van der Waals surface area contributed by atoms with Crippen LogP contribution in [0, 0.1) is 0 Å². The molecule has 0 fully saturated rings. The van der Waals surface area contributed by atoms with Crippen LogP contribution >= 0.6 is 0 Å². The number of hydrogen-bond donors (Lipinski definition) is 2. The van der Waals surface area contributed by atoms with Crippen LogP contribution in [-0.4, -0.2) is 41.7 Å². The van der Waals surface area contributed by atoms with E-state index < -0.39 is 5.60 Å². The first-order valence-corrected chi connectivity index (χ1v) is 4.03. The second-order valence-corrected chi connectivity index (χ2v) is 3.60. The van der Waals surface area contributed by atoms with Gasteiger partial charge in [0.15, 0.2) is 0 Å². The number of likely N-dealkylation sites (N-methyl/N-ethyl adjacent to an activating group) is 1. The SMILES string of the molecule is CN(CC(C)(C)O)C(=O)CCN. The van der Waals surface area contributed by atoms with Crippen LogP contribution in [0.4, 0.5) is 0 Å². The standard InChI is InChI=1S/C8H18N2O2/c1-8(2,12)6-10(3)7(11)4-5-9/h12H,4-6,9H2,1-3H3. The lowest BCUT2D eigenvalue weighted by Crippen LogP contribution is -2.40. The molecule has 1 amide bonds. The fourth-order valence-corrected chi connectivity index (χ4v) is 0.983. The molecule has 0 bridgehead atoms. The summed E-state index contributed by atoms with van der Waals surface area (Å²) in [6.45, 7) is 4.03. The maximum absolute atomic E-state index is 11.2. The van der Waals surface area contributed by atoms with E-state index in [1.807, 2.05) is 0 Å². The van der Waals surface area contributed by atoms with Gasteiger partial charge >= 0.3 is 0 Å². The topological polar surface area (TPSA) is 66.6 Å². The average molecular weight is 174 g/mol. The monoisotopic (exact) mass is 174 g/mol. The molecule has 0 aliphatic rings. The molecule has 0 aromatic rings. The summed E-state index contributed by atoms with van der Waals surface area (Å²) in [5.41, 5.74) is 4.39. The Morgan fingerprint density at radius 2 is 2.08 bits per heavy atom. The number of rotatable bonds is 4. The lowest BCUT2D eigenvalue weighted by atomic mass is 10.1. The van der Waals surface area contributed by atoms with Gasteiger partial charge in [0.25, 0.3) is 0 Å². The van der Waals surface area contributed by atoms with Crippen molar-refractivity contribution >= 4 is 5.91 Å². The summed E-state index contributed by atoms with van der Waals surface area (Å²) in [4.78, 5) is 12.6. The Hall–Kier alpha value is -0.610. The number of nitrogens with zero attached hydrogens (tertiary/aromatic N) is 1. The van der Waals surface area contributed by atoms with Crippen molar-refractivity contribution in [2.24, 2.45) is 5.73 Å². The Kier molecular flexibility index (Phi) is 4.20. The molecular weight excluding hydrogens is 156 g/mol. The van der Waals surface area contributed by atoms with Crippen molar-refractivity contribution in [3.05, 3.63) is 0 Å². The zero-order valence-electron chi connectivity index (χ0n) is 8.00. The Balaban J connectivity index is 3.87. The van der Waals surface area contributed by atoms with Crippen LogP contribution in [0.15, 0.2) is 0 Å². The smallest absolute Gasteiger partial charge is 0.223 e. The van der Waals surface area contributed by atoms with Crippen LogP contribution in [-0.2, 0) is 4.79 Å². The average Bonchev–Trinajstić information content (AvgIpc) is 1.84. The maximum Gasteiger partial charge on any atom is 0.223 e. The zero-order valence-corrected chi connectivity index (χ0v) is 8.00. The third-order valence-electron chi connectivity index (χ3n) is 1.41. The molecule has 0 saturated carbocycles. The predicted molar refractivity (Wildman–Crippen MR) is 47.6 cm³/mol. The summed E-state index contributed by atoms with van der Waals surface area (Å²) in [6, 6.07) is 0. The van der Waals surface area contributed by atoms with Crippen molar-refractivity contribution in [2.45, 2.75) is 25.9 Å². The van der Waals surface area contributed by atoms with Crippen molar-refractivity contribution in [2.75, 3.05) is 20.1 Å². The summed E-state index contributed by atoms with van der Waals surface area (Å²) in [5, 5.41) is 9.38. The fourth-order valence-electron chi connectivity index (χ4n) is 0.983. The summed E-state index contributed by atoms with van der Waals surface area (Å²) >= 11 is 0. The van der Waals surface area contributed by atoms with E-state index >= 15 is 0 Å². The van der Waals surface area contributed by atoms with E-state index in [9.17, 15) is 9.90 Å². The van der Waals surface area contributed by atoms with Gasteiger partial charge in [0.05, 0.1) is 5.60 Å². The number of carbonyl (C=O) groups excluding carboxylic acids is 1. The van der Waals surface area contributed by atoms with Gasteiger partial charge in [-0.05, 0) is 13.8 Å². The largest absolute Gasteiger partial charge is 0.389 e. The minimum absolute atomic E-state index is 0.0281. The Bertz CT molecular complexity index is 152. The van der Waals surface area contributed by atoms with Gasteiger partial charge in [0.1, 0.15) is 0 Å². The Labute approximate surface area is 73.3 Å². The van der Waals surface area contributed by atoms with Crippen LogP contribution in [0.3, 0.4) is 0 Å². The highest BCUT2D eigenvalue weighted by Crippen LogP contribution is 2.03. The molecule has 4 nitrogen and oxygen atoms in total. The molecule has 0 aromatic carbocycles. The van der Waals surface area contributed by atoms with E-state index in [0.29, 0.717) is 19.5 Å².